The van der Waals surface area contributed by atoms with Gasteiger partial charge in [0.25, 0.3) is 5.56 Å². The van der Waals surface area contributed by atoms with Crippen molar-refractivity contribution < 1.29 is 29.6 Å². The van der Waals surface area contributed by atoms with Crippen molar-refractivity contribution in [2.75, 3.05) is 12.8 Å². The first-order valence-corrected chi connectivity index (χ1v) is 6.59. The van der Waals surface area contributed by atoms with Crippen LogP contribution in [-0.2, 0) is 0 Å². The number of anilines is 1. The molecular formula is C15H14N2O7. The van der Waals surface area contributed by atoms with E-state index < -0.39 is 45.8 Å². The van der Waals surface area contributed by atoms with Crippen molar-refractivity contribution in [1.29, 1.82) is 0 Å². The Morgan fingerprint density at radius 1 is 1.12 bits per heavy atom. The van der Waals surface area contributed by atoms with Crippen molar-refractivity contribution in [3.05, 3.63) is 39.2 Å². The highest BCUT2D eigenvalue weighted by atomic mass is 16.5. The van der Waals surface area contributed by atoms with Crippen LogP contribution in [0.2, 0.25) is 0 Å². The number of carbonyl (C=O) groups is 2. The van der Waals surface area contributed by atoms with Crippen molar-refractivity contribution in [1.82, 2.24) is 4.98 Å². The lowest BCUT2D eigenvalue weighted by molar-refractivity contribution is 0.0695. The van der Waals surface area contributed by atoms with Gasteiger partial charge in [0.15, 0.2) is 0 Å². The maximum atomic E-state index is 12.0. The van der Waals surface area contributed by atoms with Gasteiger partial charge in [-0.1, -0.05) is 0 Å². The third-order valence-electron chi connectivity index (χ3n) is 3.45. The smallest absolute Gasteiger partial charge is 0.342 e. The summed E-state index contributed by atoms with van der Waals surface area (Å²) in [6.45, 7) is 1.51. The van der Waals surface area contributed by atoms with E-state index in [1.54, 1.807) is 0 Å². The van der Waals surface area contributed by atoms with Crippen LogP contribution in [0, 0.1) is 6.92 Å². The second kappa shape index (κ2) is 5.95. The van der Waals surface area contributed by atoms with E-state index in [0.717, 1.165) is 0 Å². The number of nitrogen functional groups attached to an aromatic ring is 1. The van der Waals surface area contributed by atoms with Gasteiger partial charge in [-0.15, -0.1) is 0 Å². The van der Waals surface area contributed by atoms with Gasteiger partial charge in [-0.05, 0) is 18.6 Å². The molecule has 0 aliphatic heterocycles. The monoisotopic (exact) mass is 334 g/mol. The van der Waals surface area contributed by atoms with E-state index >= 15 is 0 Å². The van der Waals surface area contributed by atoms with Crippen LogP contribution in [0.4, 0.5) is 5.82 Å². The van der Waals surface area contributed by atoms with Crippen LogP contribution in [0.1, 0.15) is 26.3 Å². The molecule has 6 N–H and O–H groups in total. The lowest BCUT2D eigenvalue weighted by Gasteiger charge is -2.16. The fourth-order valence-corrected chi connectivity index (χ4v) is 2.48. The third-order valence-corrected chi connectivity index (χ3v) is 3.45. The summed E-state index contributed by atoms with van der Waals surface area (Å²) in [5.41, 5.74) is 2.75. The molecule has 1 aromatic carbocycles. The van der Waals surface area contributed by atoms with E-state index in [2.05, 4.69) is 0 Å². The second-order valence-electron chi connectivity index (χ2n) is 4.94. The number of carboxylic acid groups (broad SMARTS) is 2. The van der Waals surface area contributed by atoms with Gasteiger partial charge in [0.05, 0.1) is 7.11 Å². The number of phenols is 1. The number of hydrogen-bond acceptors (Lipinski definition) is 6. The van der Waals surface area contributed by atoms with Crippen LogP contribution in [0.25, 0.3) is 11.1 Å². The molecule has 9 nitrogen and oxygen atoms in total. The maximum Gasteiger partial charge on any atom is 0.342 e. The molecule has 0 aliphatic rings. The summed E-state index contributed by atoms with van der Waals surface area (Å²) in [7, 11) is 1.37. The van der Waals surface area contributed by atoms with Crippen molar-refractivity contribution in [3.8, 4) is 22.6 Å². The van der Waals surface area contributed by atoms with Gasteiger partial charge in [-0.2, -0.15) is 0 Å². The number of benzene rings is 1. The Kier molecular flexibility index (Phi) is 4.19. The normalized spacial score (nSPS) is 10.4. The zero-order valence-electron chi connectivity index (χ0n) is 12.7. The Bertz CT molecular complexity index is 892. The van der Waals surface area contributed by atoms with Gasteiger partial charge in [-0.3, -0.25) is 4.79 Å². The summed E-state index contributed by atoms with van der Waals surface area (Å²) in [6.07, 6.45) is 0. The summed E-state index contributed by atoms with van der Waals surface area (Å²) >= 11 is 0. The number of aryl methyl sites for hydroxylation is 1. The fourth-order valence-electron chi connectivity index (χ4n) is 2.48. The van der Waals surface area contributed by atoms with Gasteiger partial charge >= 0.3 is 11.9 Å². The molecule has 1 heterocycles. The number of H-pyrrole nitrogens is 1. The van der Waals surface area contributed by atoms with Crippen LogP contribution >= 0.6 is 0 Å². The number of aromatic hydroxyl groups is 1. The highest BCUT2D eigenvalue weighted by Crippen LogP contribution is 2.39. The molecule has 9 heteroatoms. The predicted molar refractivity (Wildman–Crippen MR) is 83.8 cm³/mol. The molecule has 0 saturated heterocycles. The number of carboxylic acids is 2. The minimum Gasteiger partial charge on any atom is -0.507 e. The van der Waals surface area contributed by atoms with E-state index in [-0.39, 0.29) is 11.3 Å². The summed E-state index contributed by atoms with van der Waals surface area (Å²) in [5, 5.41) is 28.9. The number of hydrogen-bond donors (Lipinski definition) is 5. The van der Waals surface area contributed by atoms with Gasteiger partial charge in [0.2, 0.25) is 0 Å². The quantitative estimate of drug-likeness (QED) is 0.553. The number of aromatic carboxylic acids is 2. The molecule has 0 saturated carbocycles. The standard InChI is InChI=1S/C15H14N2O7/c1-5-3-6(24-2)4-7(18)8(5)9-10(14(20)21)12(16)17-13(19)11(9)15(22)23/h3-4,18H,1-2H3,(H,20,21)(H,22,23)(H3,16,17,19). The fraction of sp³-hybridized carbons (Fsp3) is 0.133. The van der Waals surface area contributed by atoms with E-state index in [1.807, 2.05) is 4.98 Å². The highest BCUT2D eigenvalue weighted by molar-refractivity contribution is 6.08. The van der Waals surface area contributed by atoms with Crippen LogP contribution < -0.4 is 16.0 Å². The van der Waals surface area contributed by atoms with Crippen molar-refractivity contribution >= 4 is 17.8 Å². The Labute approximate surface area is 134 Å². The van der Waals surface area contributed by atoms with Crippen molar-refractivity contribution in [2.45, 2.75) is 6.92 Å². The second-order valence-corrected chi connectivity index (χ2v) is 4.94. The summed E-state index contributed by atoms with van der Waals surface area (Å²) in [4.78, 5) is 37.0. The minimum absolute atomic E-state index is 0.122. The Hall–Kier alpha value is -3.49. The Morgan fingerprint density at radius 3 is 2.17 bits per heavy atom. The maximum absolute atomic E-state index is 12.0. The molecule has 0 spiro atoms. The zero-order valence-corrected chi connectivity index (χ0v) is 12.7. The molecule has 0 unspecified atom stereocenters. The number of methoxy groups -OCH3 is 1. The Balaban J connectivity index is 3.06. The van der Waals surface area contributed by atoms with Crippen LogP contribution in [0.5, 0.6) is 11.5 Å². The molecule has 1 aromatic heterocycles. The SMILES string of the molecule is COc1cc(C)c(-c2c(C(=O)O)c(N)[nH]c(=O)c2C(=O)O)c(O)c1. The van der Waals surface area contributed by atoms with E-state index in [4.69, 9.17) is 10.5 Å². The molecule has 2 rings (SSSR count). The number of nitrogens with two attached hydrogens (primary N) is 1. The highest BCUT2D eigenvalue weighted by Gasteiger charge is 2.29. The first-order chi connectivity index (χ1) is 11.2. The first-order valence-electron chi connectivity index (χ1n) is 6.59. The number of aromatic nitrogens is 1. The van der Waals surface area contributed by atoms with Gasteiger partial charge in [-0.25, -0.2) is 9.59 Å². The molecule has 126 valence electrons. The van der Waals surface area contributed by atoms with Gasteiger partial charge in [0, 0.05) is 17.2 Å². The number of phenolic OH excluding ortho intramolecular Hbond substituents is 1. The van der Waals surface area contributed by atoms with Gasteiger partial charge < -0.3 is 30.8 Å². The number of rotatable bonds is 4. The Morgan fingerprint density at radius 2 is 1.71 bits per heavy atom. The average Bonchev–Trinajstić information content (AvgIpc) is 2.44. The van der Waals surface area contributed by atoms with Crippen molar-refractivity contribution in [2.24, 2.45) is 0 Å². The summed E-state index contributed by atoms with van der Waals surface area (Å²) < 4.78 is 4.98. The number of aromatic amines is 1. The molecule has 0 bridgehead atoms. The molecule has 24 heavy (non-hydrogen) atoms. The number of nitrogens with one attached hydrogen (secondary N) is 1. The number of pyridine rings is 1. The first kappa shape index (κ1) is 16.9. The summed E-state index contributed by atoms with van der Waals surface area (Å²) in [5.74, 6) is -3.87. The van der Waals surface area contributed by atoms with Crippen LogP contribution in [-0.4, -0.2) is 39.4 Å². The topological polar surface area (TPSA) is 163 Å². The summed E-state index contributed by atoms with van der Waals surface area (Å²) in [6, 6.07) is 2.64. The average molecular weight is 334 g/mol. The predicted octanol–water partition coefficient (Wildman–Crippen LogP) is 1.04. The molecule has 2 aromatic rings. The number of ether oxygens (including phenoxy) is 1. The molecule has 0 atom stereocenters. The zero-order chi connectivity index (χ0) is 18.2. The largest absolute Gasteiger partial charge is 0.507 e. The minimum atomic E-state index is -1.65. The van der Waals surface area contributed by atoms with E-state index in [9.17, 15) is 29.7 Å². The molecule has 0 radical (unpaired) electrons. The molecule has 0 aliphatic carbocycles. The third kappa shape index (κ3) is 2.62. The lowest BCUT2D eigenvalue weighted by Crippen LogP contribution is -2.24. The molecule has 0 fully saturated rings. The lowest BCUT2D eigenvalue weighted by atomic mass is 9.91. The van der Waals surface area contributed by atoms with E-state index in [0.29, 0.717) is 5.56 Å². The van der Waals surface area contributed by atoms with Gasteiger partial charge in [0.1, 0.15) is 28.4 Å². The molecular weight excluding hydrogens is 320 g/mol. The van der Waals surface area contributed by atoms with Crippen LogP contribution in [0.3, 0.4) is 0 Å². The van der Waals surface area contributed by atoms with Crippen molar-refractivity contribution in [3.63, 3.8) is 0 Å². The van der Waals surface area contributed by atoms with E-state index in [1.165, 1.54) is 26.2 Å². The molecule has 0 amide bonds. The van der Waals surface area contributed by atoms with Crippen LogP contribution in [0.15, 0.2) is 16.9 Å².